The fourth-order valence-corrected chi connectivity index (χ4v) is 2.27. The van der Waals surface area contributed by atoms with E-state index in [9.17, 15) is 4.79 Å². The van der Waals surface area contributed by atoms with E-state index in [4.69, 9.17) is 9.47 Å². The number of benzene rings is 2. The molecular weight excluding hydrogens is 272 g/mol. The first-order valence-corrected chi connectivity index (χ1v) is 5.56. The van der Waals surface area contributed by atoms with Crippen molar-refractivity contribution in [3.63, 3.8) is 0 Å². The molecule has 3 rings (SSSR count). The van der Waals surface area contributed by atoms with Crippen molar-refractivity contribution in [2.24, 2.45) is 0 Å². The molecule has 0 radical (unpaired) electrons. The van der Waals surface area contributed by atoms with E-state index in [0.717, 1.165) is 27.3 Å². The molecular formula is C12H7BrO3. The van der Waals surface area contributed by atoms with Gasteiger partial charge in [-0.25, -0.2) is 0 Å². The molecule has 2 aromatic rings. The van der Waals surface area contributed by atoms with E-state index in [1.54, 1.807) is 0 Å². The van der Waals surface area contributed by atoms with Gasteiger partial charge in [-0.3, -0.25) is 4.79 Å². The molecule has 0 atom stereocenters. The lowest BCUT2D eigenvalue weighted by Crippen LogP contribution is -1.92. The van der Waals surface area contributed by atoms with Gasteiger partial charge in [0.2, 0.25) is 6.79 Å². The predicted molar refractivity (Wildman–Crippen MR) is 63.2 cm³/mol. The van der Waals surface area contributed by atoms with Gasteiger partial charge in [-0.05, 0) is 29.0 Å². The van der Waals surface area contributed by atoms with Crippen LogP contribution in [0, 0.1) is 0 Å². The highest BCUT2D eigenvalue weighted by Crippen LogP contribution is 2.38. The zero-order chi connectivity index (χ0) is 11.1. The zero-order valence-corrected chi connectivity index (χ0v) is 9.78. The molecule has 4 heteroatoms. The third-order valence-corrected chi connectivity index (χ3v) is 3.31. The van der Waals surface area contributed by atoms with Crippen molar-refractivity contribution in [1.29, 1.82) is 0 Å². The van der Waals surface area contributed by atoms with Crippen LogP contribution in [0.2, 0.25) is 0 Å². The summed E-state index contributed by atoms with van der Waals surface area (Å²) in [5, 5.41) is 1.84. The van der Waals surface area contributed by atoms with Gasteiger partial charge in [0.05, 0.1) is 0 Å². The molecule has 16 heavy (non-hydrogen) atoms. The maximum Gasteiger partial charge on any atom is 0.231 e. The third kappa shape index (κ3) is 1.30. The van der Waals surface area contributed by atoms with Crippen LogP contribution in [0.25, 0.3) is 10.8 Å². The maximum absolute atomic E-state index is 11.0. The van der Waals surface area contributed by atoms with Crippen LogP contribution in [0.4, 0.5) is 0 Å². The van der Waals surface area contributed by atoms with Crippen LogP contribution in [0.3, 0.4) is 0 Å². The Hall–Kier alpha value is -1.55. The van der Waals surface area contributed by atoms with Crippen LogP contribution >= 0.6 is 15.9 Å². The monoisotopic (exact) mass is 278 g/mol. The Morgan fingerprint density at radius 1 is 1.19 bits per heavy atom. The minimum absolute atomic E-state index is 0.239. The number of hydrogen-bond acceptors (Lipinski definition) is 3. The number of aldehydes is 1. The highest BCUT2D eigenvalue weighted by molar-refractivity contribution is 9.10. The van der Waals surface area contributed by atoms with Gasteiger partial charge in [0.25, 0.3) is 0 Å². The summed E-state index contributed by atoms with van der Waals surface area (Å²) in [6, 6.07) is 7.52. The van der Waals surface area contributed by atoms with Crippen molar-refractivity contribution in [2.45, 2.75) is 0 Å². The van der Waals surface area contributed by atoms with Crippen LogP contribution in [0.1, 0.15) is 10.4 Å². The second kappa shape index (κ2) is 3.49. The normalized spacial score (nSPS) is 13.1. The van der Waals surface area contributed by atoms with Gasteiger partial charge in [0.1, 0.15) is 0 Å². The molecule has 0 aliphatic carbocycles. The minimum atomic E-state index is 0.239. The minimum Gasteiger partial charge on any atom is -0.454 e. The molecule has 3 nitrogen and oxygen atoms in total. The molecule has 1 aliphatic heterocycles. The predicted octanol–water partition coefficient (Wildman–Crippen LogP) is 3.14. The van der Waals surface area contributed by atoms with Crippen molar-refractivity contribution in [3.05, 3.63) is 34.3 Å². The number of carbonyl (C=O) groups excluding carboxylic acids is 1. The molecule has 0 N–H and O–H groups in total. The van der Waals surface area contributed by atoms with Crippen molar-refractivity contribution in [2.75, 3.05) is 6.79 Å². The van der Waals surface area contributed by atoms with Crippen LogP contribution in [-0.4, -0.2) is 13.1 Å². The first-order chi connectivity index (χ1) is 7.79. The van der Waals surface area contributed by atoms with Crippen LogP contribution in [-0.2, 0) is 0 Å². The molecule has 1 aliphatic rings. The molecule has 2 aromatic carbocycles. The number of halogens is 1. The van der Waals surface area contributed by atoms with Gasteiger partial charge in [-0.2, -0.15) is 0 Å². The average molecular weight is 279 g/mol. The molecule has 0 saturated carbocycles. The Morgan fingerprint density at radius 3 is 2.69 bits per heavy atom. The zero-order valence-electron chi connectivity index (χ0n) is 8.20. The Balaban J connectivity index is 2.39. The van der Waals surface area contributed by atoms with Crippen molar-refractivity contribution in [1.82, 2.24) is 0 Å². The van der Waals surface area contributed by atoms with E-state index in [2.05, 4.69) is 15.9 Å². The SMILES string of the molecule is O=Cc1c(Br)ccc2cc3c(cc12)OCO3. The number of hydrogen-bond donors (Lipinski definition) is 0. The molecule has 0 unspecified atom stereocenters. The fraction of sp³-hybridized carbons (Fsp3) is 0.0833. The van der Waals surface area contributed by atoms with Gasteiger partial charge in [0, 0.05) is 10.0 Å². The summed E-state index contributed by atoms with van der Waals surface area (Å²) >= 11 is 3.35. The van der Waals surface area contributed by atoms with Crippen LogP contribution in [0.15, 0.2) is 28.7 Å². The smallest absolute Gasteiger partial charge is 0.231 e. The number of ether oxygens (including phenoxy) is 2. The third-order valence-electron chi connectivity index (χ3n) is 2.62. The maximum atomic E-state index is 11.0. The summed E-state index contributed by atoms with van der Waals surface area (Å²) in [6.07, 6.45) is 0.842. The van der Waals surface area contributed by atoms with Crippen molar-refractivity contribution in [3.8, 4) is 11.5 Å². The summed E-state index contributed by atoms with van der Waals surface area (Å²) < 4.78 is 11.4. The molecule has 0 spiro atoms. The van der Waals surface area contributed by atoms with E-state index in [1.165, 1.54) is 0 Å². The van der Waals surface area contributed by atoms with E-state index in [1.807, 2.05) is 24.3 Å². The summed E-state index contributed by atoms with van der Waals surface area (Å²) in [5.74, 6) is 1.42. The van der Waals surface area contributed by atoms with Crippen LogP contribution in [0.5, 0.6) is 11.5 Å². The second-order valence-corrected chi connectivity index (χ2v) is 4.36. The lowest BCUT2D eigenvalue weighted by molar-refractivity contribution is 0.112. The van der Waals surface area contributed by atoms with Crippen molar-refractivity contribution < 1.29 is 14.3 Å². The van der Waals surface area contributed by atoms with Crippen LogP contribution < -0.4 is 9.47 Å². The lowest BCUT2D eigenvalue weighted by atomic mass is 10.0. The standard InChI is InChI=1S/C12H7BrO3/c13-10-2-1-7-3-11-12(16-6-15-11)4-8(7)9(10)5-14/h1-5H,6H2. The molecule has 80 valence electrons. The largest absolute Gasteiger partial charge is 0.454 e. The first-order valence-electron chi connectivity index (χ1n) is 4.76. The Bertz CT molecular complexity index is 592. The van der Waals surface area contributed by atoms with Gasteiger partial charge < -0.3 is 9.47 Å². The second-order valence-electron chi connectivity index (χ2n) is 3.51. The van der Waals surface area contributed by atoms with E-state index in [-0.39, 0.29) is 6.79 Å². The molecule has 0 bridgehead atoms. The Labute approximate surface area is 100 Å². The van der Waals surface area contributed by atoms with Gasteiger partial charge in [-0.15, -0.1) is 0 Å². The quantitative estimate of drug-likeness (QED) is 0.752. The number of fused-ring (bicyclic) bond motifs is 2. The molecule has 0 fully saturated rings. The topological polar surface area (TPSA) is 35.5 Å². The summed E-state index contributed by atoms with van der Waals surface area (Å²) in [4.78, 5) is 11.0. The van der Waals surface area contributed by atoms with E-state index in [0.29, 0.717) is 11.3 Å². The first kappa shape index (κ1) is 9.66. The molecule has 0 amide bonds. The molecule has 0 aromatic heterocycles. The van der Waals surface area contributed by atoms with Crippen molar-refractivity contribution >= 4 is 33.0 Å². The summed E-state index contributed by atoms with van der Waals surface area (Å²) in [6.45, 7) is 0.239. The van der Waals surface area contributed by atoms with E-state index >= 15 is 0 Å². The average Bonchev–Trinajstić information content (AvgIpc) is 2.73. The highest BCUT2D eigenvalue weighted by Gasteiger charge is 2.16. The molecule has 1 heterocycles. The van der Waals surface area contributed by atoms with Gasteiger partial charge >= 0.3 is 0 Å². The summed E-state index contributed by atoms with van der Waals surface area (Å²) in [7, 11) is 0. The van der Waals surface area contributed by atoms with Gasteiger partial charge in [-0.1, -0.05) is 22.0 Å². The number of rotatable bonds is 1. The number of carbonyl (C=O) groups is 1. The van der Waals surface area contributed by atoms with E-state index < -0.39 is 0 Å². The molecule has 0 saturated heterocycles. The highest BCUT2D eigenvalue weighted by atomic mass is 79.9. The lowest BCUT2D eigenvalue weighted by Gasteiger charge is -2.05. The summed E-state index contributed by atoms with van der Waals surface area (Å²) in [5.41, 5.74) is 0.635. The Kier molecular flexibility index (Phi) is 2.11. The van der Waals surface area contributed by atoms with Gasteiger partial charge in [0.15, 0.2) is 17.8 Å². The fourth-order valence-electron chi connectivity index (χ4n) is 1.83. The Morgan fingerprint density at radius 2 is 1.94 bits per heavy atom.